The van der Waals surface area contributed by atoms with E-state index in [-0.39, 0.29) is 0 Å². The highest BCUT2D eigenvalue weighted by molar-refractivity contribution is 5.73. The van der Waals surface area contributed by atoms with Gasteiger partial charge in [0.05, 0.1) is 27.0 Å². The molecular formula is C18H23NO3. The Labute approximate surface area is 132 Å². The number of rotatable bonds is 6. The number of hydrogen-bond acceptors (Lipinski definition) is 4. The van der Waals surface area contributed by atoms with E-state index < -0.39 is 0 Å². The molecule has 4 nitrogen and oxygen atoms in total. The topological polar surface area (TPSA) is 39.7 Å². The summed E-state index contributed by atoms with van der Waals surface area (Å²) in [6.45, 7) is 4.36. The van der Waals surface area contributed by atoms with Gasteiger partial charge in [0.25, 0.3) is 0 Å². The fourth-order valence-electron chi connectivity index (χ4n) is 2.31. The van der Waals surface area contributed by atoms with Crippen molar-refractivity contribution in [3.8, 4) is 17.2 Å². The minimum Gasteiger partial charge on any atom is -0.493 e. The van der Waals surface area contributed by atoms with Gasteiger partial charge in [0.1, 0.15) is 0 Å². The quantitative estimate of drug-likeness (QED) is 0.847. The first-order chi connectivity index (χ1) is 10.6. The van der Waals surface area contributed by atoms with E-state index in [9.17, 15) is 0 Å². The average Bonchev–Trinajstić information content (AvgIpc) is 2.54. The van der Waals surface area contributed by atoms with Crippen LogP contribution in [0.5, 0.6) is 17.2 Å². The molecular weight excluding hydrogens is 278 g/mol. The Morgan fingerprint density at radius 1 is 0.773 bits per heavy atom. The molecule has 2 aromatic carbocycles. The van der Waals surface area contributed by atoms with Crippen molar-refractivity contribution >= 4 is 11.4 Å². The van der Waals surface area contributed by atoms with E-state index in [0.29, 0.717) is 23.2 Å². The van der Waals surface area contributed by atoms with Gasteiger partial charge in [-0.25, -0.2) is 0 Å². The summed E-state index contributed by atoms with van der Waals surface area (Å²) in [6.07, 6.45) is 0. The summed E-state index contributed by atoms with van der Waals surface area (Å²) in [6, 6.07) is 12.1. The number of ether oxygens (including phenoxy) is 3. The van der Waals surface area contributed by atoms with E-state index in [1.807, 2.05) is 12.1 Å². The van der Waals surface area contributed by atoms with Crippen LogP contribution in [-0.2, 0) is 0 Å². The molecule has 0 aromatic heterocycles. The molecule has 0 bridgehead atoms. The molecule has 118 valence electrons. The minimum absolute atomic E-state index is 0.518. The molecule has 0 aliphatic carbocycles. The van der Waals surface area contributed by atoms with Crippen molar-refractivity contribution in [2.45, 2.75) is 19.8 Å². The normalized spacial score (nSPS) is 10.5. The fourth-order valence-corrected chi connectivity index (χ4v) is 2.31. The Bertz CT molecular complexity index is 621. The van der Waals surface area contributed by atoms with E-state index in [4.69, 9.17) is 14.2 Å². The summed E-state index contributed by atoms with van der Waals surface area (Å²) < 4.78 is 16.2. The SMILES string of the molecule is COc1ccc(Nc2ccc(C(C)C)cc2)c(OC)c1OC. The molecule has 0 saturated carbocycles. The second-order valence-corrected chi connectivity index (χ2v) is 5.28. The van der Waals surface area contributed by atoms with Gasteiger partial charge in [0.15, 0.2) is 11.5 Å². The van der Waals surface area contributed by atoms with Gasteiger partial charge >= 0.3 is 0 Å². The van der Waals surface area contributed by atoms with E-state index in [0.717, 1.165) is 11.4 Å². The third-order valence-corrected chi connectivity index (χ3v) is 3.56. The summed E-state index contributed by atoms with van der Waals surface area (Å²) in [7, 11) is 4.82. The standard InChI is InChI=1S/C18H23NO3/c1-12(2)13-6-8-14(9-7-13)19-15-10-11-16(20-3)18(22-5)17(15)21-4/h6-12,19H,1-5H3. The molecule has 4 heteroatoms. The summed E-state index contributed by atoms with van der Waals surface area (Å²) in [5.74, 6) is 2.35. The number of nitrogens with one attached hydrogen (secondary N) is 1. The number of anilines is 2. The maximum Gasteiger partial charge on any atom is 0.205 e. The lowest BCUT2D eigenvalue weighted by molar-refractivity contribution is 0.325. The highest BCUT2D eigenvalue weighted by atomic mass is 16.5. The van der Waals surface area contributed by atoms with Gasteiger partial charge in [0, 0.05) is 5.69 Å². The molecule has 0 spiro atoms. The highest BCUT2D eigenvalue weighted by Gasteiger charge is 2.15. The summed E-state index contributed by atoms with van der Waals surface area (Å²) >= 11 is 0. The third kappa shape index (κ3) is 3.27. The Hall–Kier alpha value is -2.36. The van der Waals surface area contributed by atoms with Crippen molar-refractivity contribution in [3.05, 3.63) is 42.0 Å². The maximum absolute atomic E-state index is 5.48. The van der Waals surface area contributed by atoms with Gasteiger partial charge in [0.2, 0.25) is 5.75 Å². The largest absolute Gasteiger partial charge is 0.493 e. The van der Waals surface area contributed by atoms with Gasteiger partial charge in [-0.3, -0.25) is 0 Å². The third-order valence-electron chi connectivity index (χ3n) is 3.56. The fraction of sp³-hybridized carbons (Fsp3) is 0.333. The second-order valence-electron chi connectivity index (χ2n) is 5.28. The number of benzene rings is 2. The maximum atomic E-state index is 5.48. The van der Waals surface area contributed by atoms with Crippen LogP contribution in [0.25, 0.3) is 0 Å². The van der Waals surface area contributed by atoms with Gasteiger partial charge in [-0.1, -0.05) is 26.0 Å². The molecule has 0 aliphatic heterocycles. The van der Waals surface area contributed by atoms with Gasteiger partial charge in [-0.05, 0) is 35.7 Å². The van der Waals surface area contributed by atoms with E-state index in [2.05, 4.69) is 43.4 Å². The van der Waals surface area contributed by atoms with Crippen LogP contribution in [0.3, 0.4) is 0 Å². The van der Waals surface area contributed by atoms with Crippen LogP contribution in [0.15, 0.2) is 36.4 Å². The van der Waals surface area contributed by atoms with Crippen LogP contribution in [0.2, 0.25) is 0 Å². The predicted molar refractivity (Wildman–Crippen MR) is 89.9 cm³/mol. The Balaban J connectivity index is 2.32. The molecule has 0 heterocycles. The zero-order valence-electron chi connectivity index (χ0n) is 13.8. The van der Waals surface area contributed by atoms with Crippen LogP contribution in [0.4, 0.5) is 11.4 Å². The molecule has 0 radical (unpaired) electrons. The smallest absolute Gasteiger partial charge is 0.205 e. The number of hydrogen-bond donors (Lipinski definition) is 1. The van der Waals surface area contributed by atoms with Crippen LogP contribution >= 0.6 is 0 Å². The van der Waals surface area contributed by atoms with E-state index >= 15 is 0 Å². The predicted octanol–water partition coefficient (Wildman–Crippen LogP) is 4.58. The molecule has 0 atom stereocenters. The molecule has 0 saturated heterocycles. The van der Waals surface area contributed by atoms with Crippen molar-refractivity contribution in [1.82, 2.24) is 0 Å². The summed E-state index contributed by atoms with van der Waals surface area (Å²) in [5.41, 5.74) is 3.14. The Morgan fingerprint density at radius 3 is 1.91 bits per heavy atom. The van der Waals surface area contributed by atoms with Crippen LogP contribution in [0.1, 0.15) is 25.3 Å². The van der Waals surface area contributed by atoms with Crippen LogP contribution in [-0.4, -0.2) is 21.3 Å². The Kier molecular flexibility index (Phi) is 5.15. The van der Waals surface area contributed by atoms with Crippen molar-refractivity contribution in [1.29, 1.82) is 0 Å². The second kappa shape index (κ2) is 7.07. The average molecular weight is 301 g/mol. The summed E-state index contributed by atoms with van der Waals surface area (Å²) in [5, 5.41) is 3.36. The zero-order chi connectivity index (χ0) is 16.1. The van der Waals surface area contributed by atoms with Crippen molar-refractivity contribution in [2.75, 3.05) is 26.6 Å². The first-order valence-electron chi connectivity index (χ1n) is 7.26. The van der Waals surface area contributed by atoms with Crippen LogP contribution < -0.4 is 19.5 Å². The number of methoxy groups -OCH3 is 3. The van der Waals surface area contributed by atoms with Crippen LogP contribution in [0, 0.1) is 0 Å². The molecule has 2 aromatic rings. The molecule has 0 aliphatic rings. The first-order valence-corrected chi connectivity index (χ1v) is 7.26. The van der Waals surface area contributed by atoms with Gasteiger partial charge < -0.3 is 19.5 Å². The van der Waals surface area contributed by atoms with Gasteiger partial charge in [-0.2, -0.15) is 0 Å². The molecule has 22 heavy (non-hydrogen) atoms. The lowest BCUT2D eigenvalue weighted by atomic mass is 10.0. The van der Waals surface area contributed by atoms with E-state index in [1.165, 1.54) is 5.56 Å². The van der Waals surface area contributed by atoms with Gasteiger partial charge in [-0.15, -0.1) is 0 Å². The molecule has 2 rings (SSSR count). The molecule has 0 amide bonds. The first kappa shape index (κ1) is 16.0. The molecule has 1 N–H and O–H groups in total. The lowest BCUT2D eigenvalue weighted by Crippen LogP contribution is -1.99. The molecule has 0 unspecified atom stereocenters. The Morgan fingerprint density at radius 2 is 1.41 bits per heavy atom. The molecule has 0 fully saturated rings. The van der Waals surface area contributed by atoms with Crippen molar-refractivity contribution in [2.24, 2.45) is 0 Å². The zero-order valence-corrected chi connectivity index (χ0v) is 13.8. The highest BCUT2D eigenvalue weighted by Crippen LogP contribution is 2.43. The minimum atomic E-state index is 0.518. The van der Waals surface area contributed by atoms with Crippen molar-refractivity contribution < 1.29 is 14.2 Å². The van der Waals surface area contributed by atoms with E-state index in [1.54, 1.807) is 21.3 Å². The van der Waals surface area contributed by atoms with Crippen molar-refractivity contribution in [3.63, 3.8) is 0 Å². The summed E-state index contributed by atoms with van der Waals surface area (Å²) in [4.78, 5) is 0. The lowest BCUT2D eigenvalue weighted by Gasteiger charge is -2.17. The monoisotopic (exact) mass is 301 g/mol.